The molecule has 0 aliphatic heterocycles. The average molecular weight is 216 g/mol. The molecule has 1 unspecified atom stereocenters. The molecule has 16 heavy (non-hydrogen) atoms. The minimum Gasteiger partial charge on any atom is -0.389 e. The molecule has 0 saturated carbocycles. The highest BCUT2D eigenvalue weighted by Crippen LogP contribution is 2.30. The van der Waals surface area contributed by atoms with Gasteiger partial charge in [0.1, 0.15) is 0 Å². The smallest absolute Gasteiger partial charge is 0.0730 e. The minimum absolute atomic E-state index is 0.210. The summed E-state index contributed by atoms with van der Waals surface area (Å²) in [6.45, 7) is 6.67. The Balaban J connectivity index is 2.23. The van der Waals surface area contributed by atoms with Gasteiger partial charge < -0.3 is 5.11 Å². The molecule has 1 aromatic rings. The number of hydrogen-bond acceptors (Lipinski definition) is 1. The Morgan fingerprint density at radius 3 is 2.19 bits per heavy atom. The fourth-order valence-corrected chi connectivity index (χ4v) is 2.13. The third kappa shape index (κ3) is 2.35. The van der Waals surface area contributed by atoms with Gasteiger partial charge in [0.25, 0.3) is 0 Å². The molecule has 1 aliphatic carbocycles. The van der Waals surface area contributed by atoms with Crippen molar-refractivity contribution in [3.63, 3.8) is 0 Å². The quantitative estimate of drug-likeness (QED) is 0.761. The Hall–Kier alpha value is -1.08. The van der Waals surface area contributed by atoms with Crippen LogP contribution in [-0.2, 0) is 5.41 Å². The van der Waals surface area contributed by atoms with Crippen molar-refractivity contribution in [1.29, 1.82) is 0 Å². The fourth-order valence-electron chi connectivity index (χ4n) is 2.13. The van der Waals surface area contributed by atoms with Crippen LogP contribution in [0.25, 0.3) is 5.57 Å². The summed E-state index contributed by atoms with van der Waals surface area (Å²) in [7, 11) is 0. The zero-order valence-electron chi connectivity index (χ0n) is 10.3. The van der Waals surface area contributed by atoms with E-state index in [0.717, 1.165) is 12.8 Å². The van der Waals surface area contributed by atoms with E-state index in [9.17, 15) is 5.11 Å². The van der Waals surface area contributed by atoms with E-state index in [2.05, 4.69) is 45.0 Å². The maximum atomic E-state index is 9.47. The molecule has 1 aliphatic rings. The second-order valence-electron chi connectivity index (χ2n) is 5.63. The second kappa shape index (κ2) is 4.06. The summed E-state index contributed by atoms with van der Waals surface area (Å²) in [6, 6.07) is 8.73. The van der Waals surface area contributed by atoms with Gasteiger partial charge in [-0.1, -0.05) is 51.1 Å². The Bertz CT molecular complexity index is 392. The molecule has 0 spiro atoms. The number of hydrogen-bond donors (Lipinski definition) is 1. The molecule has 0 bridgehead atoms. The van der Waals surface area contributed by atoms with Crippen LogP contribution in [0, 0.1) is 0 Å². The third-order valence-corrected chi connectivity index (χ3v) is 3.22. The molecule has 1 atom stereocenters. The molecule has 1 N–H and O–H groups in total. The summed E-state index contributed by atoms with van der Waals surface area (Å²) in [5.41, 5.74) is 4.11. The fraction of sp³-hybridized carbons (Fsp3) is 0.467. The Labute approximate surface area is 97.8 Å². The van der Waals surface area contributed by atoms with Crippen molar-refractivity contribution < 1.29 is 5.11 Å². The summed E-state index contributed by atoms with van der Waals surface area (Å²) in [5.74, 6) is 0. The summed E-state index contributed by atoms with van der Waals surface area (Å²) in [6.07, 6.45) is 3.61. The summed E-state index contributed by atoms with van der Waals surface area (Å²) in [4.78, 5) is 0. The largest absolute Gasteiger partial charge is 0.389 e. The van der Waals surface area contributed by atoms with Gasteiger partial charge in [0.2, 0.25) is 0 Å². The summed E-state index contributed by atoms with van der Waals surface area (Å²) >= 11 is 0. The van der Waals surface area contributed by atoms with Crippen LogP contribution in [0.5, 0.6) is 0 Å². The van der Waals surface area contributed by atoms with Gasteiger partial charge in [-0.3, -0.25) is 0 Å². The zero-order chi connectivity index (χ0) is 11.8. The van der Waals surface area contributed by atoms with Crippen LogP contribution in [0.2, 0.25) is 0 Å². The SMILES string of the molecule is CC(C)(C)c1ccc(C2=CC(O)CC2)cc1. The highest BCUT2D eigenvalue weighted by molar-refractivity contribution is 5.68. The molecule has 0 radical (unpaired) electrons. The lowest BCUT2D eigenvalue weighted by Gasteiger charge is -2.19. The summed E-state index contributed by atoms with van der Waals surface area (Å²) < 4.78 is 0. The van der Waals surface area contributed by atoms with Crippen LogP contribution in [0.1, 0.15) is 44.7 Å². The summed E-state index contributed by atoms with van der Waals surface area (Å²) in [5, 5.41) is 9.47. The Kier molecular flexibility index (Phi) is 2.90. The normalized spacial score (nSPS) is 21.0. The van der Waals surface area contributed by atoms with E-state index in [1.165, 1.54) is 16.7 Å². The number of allylic oxidation sites excluding steroid dienone is 1. The van der Waals surface area contributed by atoms with Crippen molar-refractivity contribution >= 4 is 5.57 Å². The average Bonchev–Trinajstić information content (AvgIpc) is 2.64. The van der Waals surface area contributed by atoms with Crippen LogP contribution in [0.3, 0.4) is 0 Å². The van der Waals surface area contributed by atoms with Gasteiger partial charge in [-0.15, -0.1) is 0 Å². The molecule has 0 fully saturated rings. The topological polar surface area (TPSA) is 20.2 Å². The predicted octanol–water partition coefficient (Wildman–Crippen LogP) is 3.52. The first-order chi connectivity index (χ1) is 7.47. The second-order valence-corrected chi connectivity index (χ2v) is 5.63. The molecule has 2 rings (SSSR count). The Morgan fingerprint density at radius 1 is 1.12 bits per heavy atom. The maximum Gasteiger partial charge on any atom is 0.0730 e. The van der Waals surface area contributed by atoms with E-state index < -0.39 is 0 Å². The molecule has 86 valence electrons. The number of aliphatic hydroxyl groups excluding tert-OH is 1. The molecular weight excluding hydrogens is 196 g/mol. The van der Waals surface area contributed by atoms with Gasteiger partial charge in [-0.2, -0.15) is 0 Å². The molecule has 0 amide bonds. The van der Waals surface area contributed by atoms with Crippen LogP contribution in [0.15, 0.2) is 30.3 Å². The lowest BCUT2D eigenvalue weighted by molar-refractivity contribution is 0.223. The van der Waals surface area contributed by atoms with Crippen molar-refractivity contribution in [1.82, 2.24) is 0 Å². The van der Waals surface area contributed by atoms with E-state index in [0.29, 0.717) is 0 Å². The van der Waals surface area contributed by atoms with Crippen molar-refractivity contribution in [3.8, 4) is 0 Å². The van der Waals surface area contributed by atoms with Crippen LogP contribution < -0.4 is 0 Å². The van der Waals surface area contributed by atoms with Gasteiger partial charge in [0.05, 0.1) is 6.10 Å². The van der Waals surface area contributed by atoms with Crippen LogP contribution in [-0.4, -0.2) is 11.2 Å². The van der Waals surface area contributed by atoms with Crippen LogP contribution >= 0.6 is 0 Å². The number of aliphatic hydroxyl groups is 1. The van der Waals surface area contributed by atoms with E-state index in [4.69, 9.17) is 0 Å². The first-order valence-electron chi connectivity index (χ1n) is 5.96. The lowest BCUT2D eigenvalue weighted by Crippen LogP contribution is -2.10. The van der Waals surface area contributed by atoms with Crippen molar-refractivity contribution in [3.05, 3.63) is 41.5 Å². The highest BCUT2D eigenvalue weighted by Gasteiger charge is 2.16. The van der Waals surface area contributed by atoms with Gasteiger partial charge in [-0.05, 0) is 35.0 Å². The van der Waals surface area contributed by atoms with Gasteiger partial charge in [0, 0.05) is 0 Å². The molecule has 0 heterocycles. The van der Waals surface area contributed by atoms with Gasteiger partial charge in [-0.25, -0.2) is 0 Å². The standard InChI is InChI=1S/C15H20O/c1-15(2,3)13-7-4-11(5-8-13)12-6-9-14(16)10-12/h4-5,7-8,10,14,16H,6,9H2,1-3H3. The predicted molar refractivity (Wildman–Crippen MR) is 68.4 cm³/mol. The van der Waals surface area contributed by atoms with E-state index in [1.807, 2.05) is 6.08 Å². The Morgan fingerprint density at radius 2 is 1.75 bits per heavy atom. The molecule has 1 aromatic carbocycles. The third-order valence-electron chi connectivity index (χ3n) is 3.22. The first kappa shape index (κ1) is 11.4. The van der Waals surface area contributed by atoms with E-state index in [-0.39, 0.29) is 11.5 Å². The monoisotopic (exact) mass is 216 g/mol. The van der Waals surface area contributed by atoms with Gasteiger partial charge in [0.15, 0.2) is 0 Å². The molecule has 1 nitrogen and oxygen atoms in total. The maximum absolute atomic E-state index is 9.47. The lowest BCUT2D eigenvalue weighted by atomic mass is 9.86. The molecule has 0 aromatic heterocycles. The van der Waals surface area contributed by atoms with Crippen LogP contribution in [0.4, 0.5) is 0 Å². The number of rotatable bonds is 1. The highest BCUT2D eigenvalue weighted by atomic mass is 16.3. The molecule has 1 heteroatoms. The molecule has 0 saturated heterocycles. The van der Waals surface area contributed by atoms with E-state index >= 15 is 0 Å². The van der Waals surface area contributed by atoms with Gasteiger partial charge >= 0.3 is 0 Å². The zero-order valence-corrected chi connectivity index (χ0v) is 10.3. The van der Waals surface area contributed by atoms with Crippen molar-refractivity contribution in [2.24, 2.45) is 0 Å². The van der Waals surface area contributed by atoms with E-state index in [1.54, 1.807) is 0 Å². The van der Waals surface area contributed by atoms with Crippen molar-refractivity contribution in [2.45, 2.75) is 45.1 Å². The first-order valence-corrected chi connectivity index (χ1v) is 5.96. The number of benzene rings is 1. The van der Waals surface area contributed by atoms with Crippen molar-refractivity contribution in [2.75, 3.05) is 0 Å². The minimum atomic E-state index is -0.239. The molecular formula is C15H20O.